The molecule has 0 aliphatic heterocycles. The van der Waals surface area contributed by atoms with E-state index in [4.69, 9.17) is 0 Å². The SMILES string of the molecule is O=S(=O)(c1ccccc1NCCc1cnn(-c2ccccc2)c1)C(F)F. The molecule has 3 rings (SSSR count). The number of hydrogen-bond donors (Lipinski definition) is 1. The second-order valence-corrected chi connectivity index (χ2v) is 7.49. The second-order valence-electron chi connectivity index (χ2n) is 5.61. The molecule has 0 saturated carbocycles. The average Bonchev–Trinajstić information content (AvgIpc) is 3.11. The van der Waals surface area contributed by atoms with E-state index in [1.54, 1.807) is 16.9 Å². The van der Waals surface area contributed by atoms with Gasteiger partial charge < -0.3 is 5.32 Å². The van der Waals surface area contributed by atoms with Gasteiger partial charge in [-0.2, -0.15) is 13.9 Å². The van der Waals surface area contributed by atoms with E-state index < -0.39 is 20.5 Å². The number of aromatic nitrogens is 2. The van der Waals surface area contributed by atoms with E-state index in [1.807, 2.05) is 36.5 Å². The van der Waals surface area contributed by atoms with Gasteiger partial charge in [0.1, 0.15) is 0 Å². The molecular formula is C18H17F2N3O2S. The summed E-state index contributed by atoms with van der Waals surface area (Å²) in [6.07, 6.45) is 4.16. The van der Waals surface area contributed by atoms with Crippen LogP contribution in [-0.2, 0) is 16.3 Å². The molecular weight excluding hydrogens is 360 g/mol. The summed E-state index contributed by atoms with van der Waals surface area (Å²) in [5.41, 5.74) is 2.04. The van der Waals surface area contributed by atoms with E-state index in [0.29, 0.717) is 13.0 Å². The van der Waals surface area contributed by atoms with E-state index in [0.717, 1.165) is 11.3 Å². The van der Waals surface area contributed by atoms with Crippen molar-refractivity contribution in [1.82, 2.24) is 9.78 Å². The van der Waals surface area contributed by atoms with Crippen molar-refractivity contribution in [1.29, 1.82) is 0 Å². The fourth-order valence-corrected chi connectivity index (χ4v) is 3.42. The third-order valence-electron chi connectivity index (χ3n) is 3.81. The molecule has 2 aromatic carbocycles. The Morgan fingerprint density at radius 1 is 1.04 bits per heavy atom. The number of rotatable bonds is 7. The van der Waals surface area contributed by atoms with Gasteiger partial charge in [0.25, 0.3) is 0 Å². The highest BCUT2D eigenvalue weighted by atomic mass is 32.2. The van der Waals surface area contributed by atoms with Gasteiger partial charge in [-0.25, -0.2) is 13.1 Å². The summed E-state index contributed by atoms with van der Waals surface area (Å²) >= 11 is 0. The third kappa shape index (κ3) is 3.91. The maximum atomic E-state index is 12.8. The van der Waals surface area contributed by atoms with E-state index in [-0.39, 0.29) is 5.69 Å². The van der Waals surface area contributed by atoms with Crippen LogP contribution >= 0.6 is 0 Å². The molecule has 3 aromatic rings. The van der Waals surface area contributed by atoms with E-state index in [2.05, 4.69) is 10.4 Å². The summed E-state index contributed by atoms with van der Waals surface area (Å²) in [7, 11) is -4.65. The number of hydrogen-bond acceptors (Lipinski definition) is 4. The van der Waals surface area contributed by atoms with E-state index in [9.17, 15) is 17.2 Å². The van der Waals surface area contributed by atoms with Crippen molar-refractivity contribution in [2.45, 2.75) is 17.1 Å². The van der Waals surface area contributed by atoms with Crippen LogP contribution in [0.3, 0.4) is 0 Å². The first-order valence-corrected chi connectivity index (χ1v) is 9.47. The first kappa shape index (κ1) is 18.1. The molecule has 0 aliphatic rings. The minimum atomic E-state index is -4.65. The van der Waals surface area contributed by atoms with Crippen molar-refractivity contribution in [3.63, 3.8) is 0 Å². The first-order valence-electron chi connectivity index (χ1n) is 7.92. The Bertz CT molecular complexity index is 973. The molecule has 8 heteroatoms. The van der Waals surface area contributed by atoms with Crippen LogP contribution in [0.5, 0.6) is 0 Å². The van der Waals surface area contributed by atoms with Gasteiger partial charge in [-0.05, 0) is 36.2 Å². The largest absolute Gasteiger partial charge is 0.384 e. The van der Waals surface area contributed by atoms with Crippen LogP contribution in [0.15, 0.2) is 71.9 Å². The Balaban J connectivity index is 1.67. The molecule has 0 spiro atoms. The molecule has 1 N–H and O–H groups in total. The summed E-state index contributed by atoms with van der Waals surface area (Å²) in [6.45, 7) is 0.385. The van der Waals surface area contributed by atoms with Crippen LogP contribution in [0, 0.1) is 0 Å². The standard InChI is InChI=1S/C18H17F2N3O2S/c19-18(20)26(24,25)17-9-5-4-8-16(17)21-11-10-14-12-22-23(13-14)15-6-2-1-3-7-15/h1-9,12-13,18,21H,10-11H2. The van der Waals surface area contributed by atoms with Gasteiger partial charge in [-0.3, -0.25) is 0 Å². The van der Waals surface area contributed by atoms with Gasteiger partial charge in [0.05, 0.1) is 22.5 Å². The molecule has 1 heterocycles. The van der Waals surface area contributed by atoms with Crippen molar-refractivity contribution in [3.05, 3.63) is 72.6 Å². The fraction of sp³-hybridized carbons (Fsp3) is 0.167. The van der Waals surface area contributed by atoms with Crippen LogP contribution < -0.4 is 5.32 Å². The minimum absolute atomic E-state index is 0.170. The predicted octanol–water partition coefficient (Wildman–Crippen LogP) is 3.52. The molecule has 136 valence electrons. The average molecular weight is 377 g/mol. The second kappa shape index (κ2) is 7.65. The number of anilines is 1. The van der Waals surface area contributed by atoms with Crippen molar-refractivity contribution < 1.29 is 17.2 Å². The Morgan fingerprint density at radius 2 is 1.73 bits per heavy atom. The van der Waals surface area contributed by atoms with Crippen LogP contribution in [0.25, 0.3) is 5.69 Å². The van der Waals surface area contributed by atoms with Crippen molar-refractivity contribution >= 4 is 15.5 Å². The summed E-state index contributed by atoms with van der Waals surface area (Å²) in [5.74, 6) is -3.45. The molecule has 0 amide bonds. The Labute approximate surface area is 150 Å². The number of nitrogens with zero attached hydrogens (tertiary/aromatic N) is 2. The first-order chi connectivity index (χ1) is 12.5. The monoisotopic (exact) mass is 377 g/mol. The van der Waals surface area contributed by atoms with Crippen molar-refractivity contribution in [3.8, 4) is 5.69 Å². The lowest BCUT2D eigenvalue weighted by Crippen LogP contribution is -2.15. The van der Waals surface area contributed by atoms with Crippen LogP contribution in [0.1, 0.15) is 5.56 Å². The third-order valence-corrected chi connectivity index (χ3v) is 5.25. The summed E-state index contributed by atoms with van der Waals surface area (Å²) < 4.78 is 50.8. The molecule has 0 radical (unpaired) electrons. The lowest BCUT2D eigenvalue weighted by molar-refractivity contribution is 0.235. The molecule has 1 aromatic heterocycles. The molecule has 0 aliphatic carbocycles. The minimum Gasteiger partial charge on any atom is -0.384 e. The Kier molecular flexibility index (Phi) is 5.32. The van der Waals surface area contributed by atoms with E-state index in [1.165, 1.54) is 18.2 Å². The van der Waals surface area contributed by atoms with Gasteiger partial charge in [0.2, 0.25) is 9.84 Å². The van der Waals surface area contributed by atoms with Gasteiger partial charge in [-0.15, -0.1) is 0 Å². The summed E-state index contributed by atoms with van der Waals surface area (Å²) in [5, 5.41) is 7.21. The number of nitrogens with one attached hydrogen (secondary N) is 1. The Hall–Kier alpha value is -2.74. The maximum Gasteiger partial charge on any atom is 0.341 e. The molecule has 0 fully saturated rings. The van der Waals surface area contributed by atoms with Crippen LogP contribution in [-0.4, -0.2) is 30.5 Å². The fourth-order valence-electron chi connectivity index (χ4n) is 2.51. The Morgan fingerprint density at radius 3 is 2.46 bits per heavy atom. The maximum absolute atomic E-state index is 12.8. The zero-order valence-corrected chi connectivity index (χ0v) is 14.5. The van der Waals surface area contributed by atoms with Crippen molar-refractivity contribution in [2.24, 2.45) is 0 Å². The lowest BCUT2D eigenvalue weighted by atomic mass is 10.2. The molecule has 0 unspecified atom stereocenters. The topological polar surface area (TPSA) is 64.0 Å². The van der Waals surface area contributed by atoms with Crippen LogP contribution in [0.4, 0.5) is 14.5 Å². The number of alkyl halides is 2. The smallest absolute Gasteiger partial charge is 0.341 e. The zero-order valence-electron chi connectivity index (χ0n) is 13.7. The van der Waals surface area contributed by atoms with Gasteiger partial charge in [0.15, 0.2) is 0 Å². The number of sulfone groups is 1. The lowest BCUT2D eigenvalue weighted by Gasteiger charge is -2.11. The molecule has 5 nitrogen and oxygen atoms in total. The number of halogens is 2. The van der Waals surface area contributed by atoms with E-state index >= 15 is 0 Å². The van der Waals surface area contributed by atoms with Gasteiger partial charge >= 0.3 is 5.76 Å². The molecule has 0 bridgehead atoms. The molecule has 26 heavy (non-hydrogen) atoms. The number of benzene rings is 2. The van der Waals surface area contributed by atoms with Crippen LogP contribution in [0.2, 0.25) is 0 Å². The van der Waals surface area contributed by atoms with Gasteiger partial charge in [0, 0.05) is 12.7 Å². The zero-order chi connectivity index (χ0) is 18.6. The highest BCUT2D eigenvalue weighted by molar-refractivity contribution is 7.91. The molecule has 0 atom stereocenters. The number of para-hydroxylation sites is 2. The predicted molar refractivity (Wildman–Crippen MR) is 95.4 cm³/mol. The highest BCUT2D eigenvalue weighted by Gasteiger charge is 2.28. The quantitative estimate of drug-likeness (QED) is 0.684. The van der Waals surface area contributed by atoms with Crippen molar-refractivity contribution in [2.75, 3.05) is 11.9 Å². The van der Waals surface area contributed by atoms with Gasteiger partial charge in [-0.1, -0.05) is 30.3 Å². The highest BCUT2D eigenvalue weighted by Crippen LogP contribution is 2.26. The summed E-state index contributed by atoms with van der Waals surface area (Å²) in [4.78, 5) is -0.394. The molecule has 0 saturated heterocycles. The normalized spacial score (nSPS) is 11.7. The summed E-state index contributed by atoms with van der Waals surface area (Å²) in [6, 6.07) is 15.3.